The Balaban J connectivity index is 3.16. The zero-order valence-electron chi connectivity index (χ0n) is 10.0. The molecule has 4 heteroatoms. The lowest BCUT2D eigenvalue weighted by Gasteiger charge is -2.14. The highest BCUT2D eigenvalue weighted by Gasteiger charge is 2.25. The van der Waals surface area contributed by atoms with Crippen LogP contribution in [0, 0.1) is 23.2 Å². The number of hydrogen-bond donors (Lipinski definition) is 0. The fourth-order valence-corrected chi connectivity index (χ4v) is 1.71. The van der Waals surface area contributed by atoms with E-state index < -0.39 is 5.92 Å². The van der Waals surface area contributed by atoms with Crippen LogP contribution >= 0.6 is 11.6 Å². The molecule has 1 aromatic rings. The third-order valence-corrected chi connectivity index (χ3v) is 2.75. The number of halogens is 1. The minimum Gasteiger partial charge on any atom is -0.496 e. The molecule has 0 aliphatic carbocycles. The van der Waals surface area contributed by atoms with Crippen molar-refractivity contribution in [1.29, 1.82) is 5.26 Å². The van der Waals surface area contributed by atoms with Crippen molar-refractivity contribution in [3.05, 3.63) is 28.8 Å². The normalized spacial score (nSPS) is 12.0. The first kappa shape index (κ1) is 13.5. The van der Waals surface area contributed by atoms with Crippen LogP contribution in [0.5, 0.6) is 5.75 Å². The summed E-state index contributed by atoms with van der Waals surface area (Å²) < 4.78 is 5.11. The number of ether oxygens (including phenoxy) is 1. The minimum absolute atomic E-state index is 0.0344. The molecule has 0 bridgehead atoms. The molecule has 0 aliphatic heterocycles. The van der Waals surface area contributed by atoms with E-state index in [0.717, 1.165) is 0 Å². The van der Waals surface area contributed by atoms with Crippen LogP contribution in [-0.2, 0) is 0 Å². The molecular formula is C13H14ClNO2. The second kappa shape index (κ2) is 5.70. The van der Waals surface area contributed by atoms with Gasteiger partial charge in [-0.1, -0.05) is 25.4 Å². The predicted molar refractivity (Wildman–Crippen MR) is 66.3 cm³/mol. The maximum atomic E-state index is 12.2. The van der Waals surface area contributed by atoms with Crippen LogP contribution in [-0.4, -0.2) is 12.9 Å². The number of nitriles is 1. The van der Waals surface area contributed by atoms with Crippen molar-refractivity contribution >= 4 is 17.4 Å². The molecule has 0 aliphatic rings. The molecule has 0 amide bonds. The van der Waals surface area contributed by atoms with E-state index in [2.05, 4.69) is 0 Å². The van der Waals surface area contributed by atoms with Gasteiger partial charge in [0, 0.05) is 5.02 Å². The van der Waals surface area contributed by atoms with E-state index in [0.29, 0.717) is 16.3 Å². The zero-order valence-corrected chi connectivity index (χ0v) is 10.8. The van der Waals surface area contributed by atoms with E-state index in [4.69, 9.17) is 21.6 Å². The van der Waals surface area contributed by atoms with Crippen molar-refractivity contribution in [3.63, 3.8) is 0 Å². The molecule has 3 nitrogen and oxygen atoms in total. The first-order valence-electron chi connectivity index (χ1n) is 5.28. The quantitative estimate of drug-likeness (QED) is 0.772. The molecule has 0 N–H and O–H groups in total. The highest BCUT2D eigenvalue weighted by atomic mass is 35.5. The molecule has 0 heterocycles. The fraction of sp³-hybridized carbons (Fsp3) is 0.385. The number of carbonyl (C=O) groups is 1. The minimum atomic E-state index is -0.662. The molecule has 1 aromatic carbocycles. The molecule has 0 spiro atoms. The van der Waals surface area contributed by atoms with Gasteiger partial charge in [0.2, 0.25) is 0 Å². The van der Waals surface area contributed by atoms with Crippen LogP contribution in [0.1, 0.15) is 24.2 Å². The van der Waals surface area contributed by atoms with E-state index in [-0.39, 0.29) is 11.7 Å². The van der Waals surface area contributed by atoms with Crippen LogP contribution < -0.4 is 4.74 Å². The Morgan fingerprint density at radius 3 is 2.59 bits per heavy atom. The van der Waals surface area contributed by atoms with Gasteiger partial charge in [-0.15, -0.1) is 0 Å². The highest BCUT2D eigenvalue weighted by molar-refractivity contribution is 6.30. The van der Waals surface area contributed by atoms with Crippen molar-refractivity contribution < 1.29 is 9.53 Å². The van der Waals surface area contributed by atoms with Crippen molar-refractivity contribution in [2.24, 2.45) is 11.8 Å². The van der Waals surface area contributed by atoms with Crippen molar-refractivity contribution in [3.8, 4) is 11.8 Å². The number of ketones is 1. The second-order valence-electron chi connectivity index (χ2n) is 4.06. The average molecular weight is 252 g/mol. The first-order valence-corrected chi connectivity index (χ1v) is 5.66. The Hall–Kier alpha value is -1.53. The highest BCUT2D eigenvalue weighted by Crippen LogP contribution is 2.27. The van der Waals surface area contributed by atoms with Gasteiger partial charge in [0.15, 0.2) is 5.78 Å². The van der Waals surface area contributed by atoms with Crippen LogP contribution in [0.2, 0.25) is 5.02 Å². The standard InChI is InChI=1S/C13H14ClNO2/c1-8(2)11(7-15)13(16)10-5-4-9(14)6-12(10)17-3/h4-6,8,11H,1-3H3. The smallest absolute Gasteiger partial charge is 0.183 e. The number of Topliss-reactive ketones (excluding diaryl/α,β-unsaturated/α-hetero) is 1. The largest absolute Gasteiger partial charge is 0.496 e. The van der Waals surface area contributed by atoms with Crippen molar-refractivity contribution in [1.82, 2.24) is 0 Å². The van der Waals surface area contributed by atoms with Gasteiger partial charge >= 0.3 is 0 Å². The van der Waals surface area contributed by atoms with Gasteiger partial charge in [0.1, 0.15) is 11.7 Å². The number of nitrogens with zero attached hydrogens (tertiary/aromatic N) is 1. The number of hydrogen-bond acceptors (Lipinski definition) is 3. The third kappa shape index (κ3) is 2.98. The second-order valence-corrected chi connectivity index (χ2v) is 4.50. The van der Waals surface area contributed by atoms with Crippen LogP contribution in [0.4, 0.5) is 0 Å². The van der Waals surface area contributed by atoms with E-state index in [9.17, 15) is 4.79 Å². The number of benzene rings is 1. The molecule has 1 atom stereocenters. The SMILES string of the molecule is COc1cc(Cl)ccc1C(=O)C(C#N)C(C)C. The first-order chi connectivity index (χ1) is 8.01. The molecule has 1 rings (SSSR count). The predicted octanol–water partition coefficient (Wildman–Crippen LogP) is 3.33. The van der Waals surface area contributed by atoms with E-state index >= 15 is 0 Å². The Kier molecular flexibility index (Phi) is 4.53. The zero-order chi connectivity index (χ0) is 13.0. The van der Waals surface area contributed by atoms with E-state index in [1.54, 1.807) is 18.2 Å². The summed E-state index contributed by atoms with van der Waals surface area (Å²) in [4.78, 5) is 12.2. The van der Waals surface area contributed by atoms with Crippen LogP contribution in [0.15, 0.2) is 18.2 Å². The summed E-state index contributed by atoms with van der Waals surface area (Å²) in [5.41, 5.74) is 0.400. The van der Waals surface area contributed by atoms with Gasteiger partial charge in [-0.2, -0.15) is 5.26 Å². The maximum absolute atomic E-state index is 12.2. The van der Waals surface area contributed by atoms with Gasteiger partial charge in [-0.25, -0.2) is 0 Å². The van der Waals surface area contributed by atoms with Gasteiger partial charge in [-0.05, 0) is 24.1 Å². The van der Waals surface area contributed by atoms with Crippen LogP contribution in [0.25, 0.3) is 0 Å². The summed E-state index contributed by atoms with van der Waals surface area (Å²) in [6, 6.07) is 6.81. The summed E-state index contributed by atoms with van der Waals surface area (Å²) >= 11 is 5.82. The summed E-state index contributed by atoms with van der Waals surface area (Å²) in [5.74, 6) is -0.516. The Morgan fingerprint density at radius 1 is 1.47 bits per heavy atom. The van der Waals surface area contributed by atoms with Gasteiger partial charge < -0.3 is 4.74 Å². The van der Waals surface area contributed by atoms with Gasteiger partial charge in [-0.3, -0.25) is 4.79 Å². The molecule has 0 saturated heterocycles. The summed E-state index contributed by atoms with van der Waals surface area (Å²) in [6.07, 6.45) is 0. The summed E-state index contributed by atoms with van der Waals surface area (Å²) in [7, 11) is 1.47. The molecule has 0 fully saturated rings. The Bertz CT molecular complexity index is 463. The topological polar surface area (TPSA) is 50.1 Å². The summed E-state index contributed by atoms with van der Waals surface area (Å²) in [6.45, 7) is 3.68. The Morgan fingerprint density at radius 2 is 2.12 bits per heavy atom. The fourth-order valence-electron chi connectivity index (χ4n) is 1.55. The van der Waals surface area contributed by atoms with E-state index in [1.807, 2.05) is 19.9 Å². The molecule has 0 saturated carbocycles. The molecule has 90 valence electrons. The van der Waals surface area contributed by atoms with Crippen molar-refractivity contribution in [2.75, 3.05) is 7.11 Å². The maximum Gasteiger partial charge on any atom is 0.183 e. The lowest BCUT2D eigenvalue weighted by Crippen LogP contribution is -2.19. The average Bonchev–Trinajstić information content (AvgIpc) is 2.28. The molecule has 1 unspecified atom stereocenters. The molecule has 17 heavy (non-hydrogen) atoms. The number of carbonyl (C=O) groups excluding carboxylic acids is 1. The number of rotatable bonds is 4. The Labute approximate surface area is 106 Å². The number of methoxy groups -OCH3 is 1. The molecule has 0 radical (unpaired) electrons. The lowest BCUT2D eigenvalue weighted by molar-refractivity contribution is 0.0921. The van der Waals surface area contributed by atoms with Gasteiger partial charge in [0.05, 0.1) is 18.7 Å². The van der Waals surface area contributed by atoms with Crippen LogP contribution in [0.3, 0.4) is 0 Å². The third-order valence-electron chi connectivity index (χ3n) is 2.52. The summed E-state index contributed by atoms with van der Waals surface area (Å²) in [5, 5.41) is 9.51. The molecular weight excluding hydrogens is 238 g/mol. The monoisotopic (exact) mass is 251 g/mol. The van der Waals surface area contributed by atoms with Crippen molar-refractivity contribution in [2.45, 2.75) is 13.8 Å². The van der Waals surface area contributed by atoms with E-state index in [1.165, 1.54) is 7.11 Å². The molecule has 0 aromatic heterocycles. The van der Waals surface area contributed by atoms with Gasteiger partial charge in [0.25, 0.3) is 0 Å². The lowest BCUT2D eigenvalue weighted by atomic mass is 9.89.